The highest BCUT2D eigenvalue weighted by atomic mass is 16.2. The van der Waals surface area contributed by atoms with Crippen molar-refractivity contribution in [3.8, 4) is 0 Å². The first-order valence-electron chi connectivity index (χ1n) is 7.90. The second kappa shape index (κ2) is 7.97. The summed E-state index contributed by atoms with van der Waals surface area (Å²) in [5, 5.41) is 2.95. The molecule has 0 bridgehead atoms. The Hall–Kier alpha value is -1.84. The molecule has 0 saturated heterocycles. The molecule has 0 unspecified atom stereocenters. The van der Waals surface area contributed by atoms with E-state index in [2.05, 4.69) is 33.0 Å². The molecule has 0 heterocycles. The summed E-state index contributed by atoms with van der Waals surface area (Å²) >= 11 is 0. The Morgan fingerprint density at radius 1 is 1.18 bits per heavy atom. The summed E-state index contributed by atoms with van der Waals surface area (Å²) < 4.78 is 0. The van der Waals surface area contributed by atoms with Gasteiger partial charge in [-0.2, -0.15) is 0 Å². The normalized spacial score (nSPS) is 11.1. The van der Waals surface area contributed by atoms with E-state index in [1.54, 1.807) is 4.90 Å². The van der Waals surface area contributed by atoms with Crippen LogP contribution in [-0.4, -0.2) is 29.8 Å². The van der Waals surface area contributed by atoms with Crippen LogP contribution in [0.4, 0.5) is 5.69 Å². The van der Waals surface area contributed by atoms with Crippen LogP contribution in [-0.2, 0) is 15.0 Å². The van der Waals surface area contributed by atoms with Crippen molar-refractivity contribution < 1.29 is 9.59 Å². The highest BCUT2D eigenvalue weighted by Crippen LogP contribution is 2.29. The Kier molecular flexibility index (Phi) is 6.60. The van der Waals surface area contributed by atoms with Crippen molar-refractivity contribution in [3.63, 3.8) is 0 Å². The molecule has 0 spiro atoms. The summed E-state index contributed by atoms with van der Waals surface area (Å²) in [5.41, 5.74) is 1.86. The molecular formula is C18H28N2O2. The number of para-hydroxylation sites is 1. The molecule has 0 aliphatic rings. The fourth-order valence-electron chi connectivity index (χ4n) is 2.31. The Bertz CT molecular complexity index is 518. The van der Waals surface area contributed by atoms with E-state index in [9.17, 15) is 9.59 Å². The number of rotatable bonds is 6. The van der Waals surface area contributed by atoms with Crippen LogP contribution in [0.2, 0.25) is 0 Å². The van der Waals surface area contributed by atoms with E-state index in [0.29, 0.717) is 6.54 Å². The minimum atomic E-state index is -0.150. The predicted molar refractivity (Wildman–Crippen MR) is 90.9 cm³/mol. The average Bonchev–Trinajstić information content (AvgIpc) is 2.42. The number of unbranched alkanes of at least 4 members (excludes halogenated alkanes) is 1. The van der Waals surface area contributed by atoms with Gasteiger partial charge in [-0.15, -0.1) is 0 Å². The summed E-state index contributed by atoms with van der Waals surface area (Å²) in [4.78, 5) is 25.5. The van der Waals surface area contributed by atoms with Crippen LogP contribution in [0.15, 0.2) is 24.3 Å². The van der Waals surface area contributed by atoms with E-state index in [4.69, 9.17) is 0 Å². The summed E-state index contributed by atoms with van der Waals surface area (Å²) in [5.74, 6) is -0.212. The van der Waals surface area contributed by atoms with Crippen LogP contribution in [0.1, 0.15) is 53.0 Å². The number of nitrogens with one attached hydrogen (secondary N) is 1. The van der Waals surface area contributed by atoms with Gasteiger partial charge >= 0.3 is 0 Å². The monoisotopic (exact) mass is 304 g/mol. The van der Waals surface area contributed by atoms with Gasteiger partial charge in [-0.05, 0) is 23.5 Å². The van der Waals surface area contributed by atoms with E-state index >= 15 is 0 Å². The number of hydrogen-bond acceptors (Lipinski definition) is 2. The van der Waals surface area contributed by atoms with Crippen LogP contribution in [0, 0.1) is 0 Å². The standard InChI is InChI=1S/C18H28N2O2/c1-6-7-12-20(14(2)21)13-17(22)19-16-11-9-8-10-15(16)18(3,4)5/h8-11H,6-7,12-13H2,1-5H3,(H,19,22). The lowest BCUT2D eigenvalue weighted by Gasteiger charge is -2.24. The number of carbonyl (C=O) groups is 2. The van der Waals surface area contributed by atoms with Gasteiger partial charge < -0.3 is 10.2 Å². The van der Waals surface area contributed by atoms with Crippen LogP contribution in [0.25, 0.3) is 0 Å². The van der Waals surface area contributed by atoms with Crippen molar-refractivity contribution in [3.05, 3.63) is 29.8 Å². The fraction of sp³-hybridized carbons (Fsp3) is 0.556. The largest absolute Gasteiger partial charge is 0.334 e. The third kappa shape index (κ3) is 5.51. The predicted octanol–water partition coefficient (Wildman–Crippen LogP) is 3.57. The zero-order valence-corrected chi connectivity index (χ0v) is 14.4. The summed E-state index contributed by atoms with van der Waals surface area (Å²) in [6, 6.07) is 7.81. The van der Waals surface area contributed by atoms with Crippen LogP contribution >= 0.6 is 0 Å². The SMILES string of the molecule is CCCCN(CC(=O)Nc1ccccc1C(C)(C)C)C(C)=O. The van der Waals surface area contributed by atoms with Gasteiger partial charge in [0.1, 0.15) is 0 Å². The molecule has 0 aliphatic heterocycles. The molecule has 1 aromatic carbocycles. The lowest BCUT2D eigenvalue weighted by atomic mass is 9.86. The van der Waals surface area contributed by atoms with Gasteiger partial charge in [-0.3, -0.25) is 9.59 Å². The number of hydrogen-bond donors (Lipinski definition) is 1. The molecule has 0 fully saturated rings. The van der Waals surface area contributed by atoms with Gasteiger partial charge in [0.15, 0.2) is 0 Å². The van der Waals surface area contributed by atoms with Gasteiger partial charge in [0.05, 0.1) is 6.54 Å². The smallest absolute Gasteiger partial charge is 0.244 e. The Balaban J connectivity index is 2.78. The first-order chi connectivity index (χ1) is 10.3. The number of benzene rings is 1. The van der Waals surface area contributed by atoms with E-state index in [0.717, 1.165) is 24.1 Å². The van der Waals surface area contributed by atoms with Crippen LogP contribution < -0.4 is 5.32 Å². The van der Waals surface area contributed by atoms with E-state index in [1.165, 1.54) is 6.92 Å². The molecule has 2 amide bonds. The first-order valence-corrected chi connectivity index (χ1v) is 7.90. The van der Waals surface area contributed by atoms with Gasteiger partial charge in [0, 0.05) is 19.2 Å². The lowest BCUT2D eigenvalue weighted by Crippen LogP contribution is -2.37. The maximum atomic E-state index is 12.3. The maximum absolute atomic E-state index is 12.3. The number of amides is 2. The molecule has 1 rings (SSSR count). The summed E-state index contributed by atoms with van der Waals surface area (Å²) in [6.45, 7) is 10.6. The third-order valence-corrected chi connectivity index (χ3v) is 3.57. The fourth-order valence-corrected chi connectivity index (χ4v) is 2.31. The van der Waals surface area contributed by atoms with Crippen molar-refractivity contribution in [2.75, 3.05) is 18.4 Å². The van der Waals surface area contributed by atoms with Gasteiger partial charge in [0.2, 0.25) is 11.8 Å². The molecule has 0 radical (unpaired) electrons. The van der Waals surface area contributed by atoms with Gasteiger partial charge in [0.25, 0.3) is 0 Å². The molecule has 0 aliphatic carbocycles. The molecule has 0 atom stereocenters. The zero-order chi connectivity index (χ0) is 16.8. The van der Waals surface area contributed by atoms with Crippen molar-refractivity contribution >= 4 is 17.5 Å². The topological polar surface area (TPSA) is 49.4 Å². The summed E-state index contributed by atoms with van der Waals surface area (Å²) in [6.07, 6.45) is 1.91. The Labute approximate surface area is 133 Å². The van der Waals surface area contributed by atoms with E-state index in [1.807, 2.05) is 24.3 Å². The minimum Gasteiger partial charge on any atom is -0.334 e. The van der Waals surface area contributed by atoms with Crippen molar-refractivity contribution in [2.24, 2.45) is 0 Å². The molecule has 1 N–H and O–H groups in total. The molecule has 4 heteroatoms. The molecule has 0 saturated carbocycles. The lowest BCUT2D eigenvalue weighted by molar-refractivity contribution is -0.132. The van der Waals surface area contributed by atoms with Crippen LogP contribution in [0.3, 0.4) is 0 Å². The third-order valence-electron chi connectivity index (χ3n) is 3.57. The number of carbonyl (C=O) groups excluding carboxylic acids is 2. The molecule has 4 nitrogen and oxygen atoms in total. The van der Waals surface area contributed by atoms with Crippen molar-refractivity contribution in [2.45, 2.75) is 52.9 Å². The first kappa shape index (κ1) is 18.2. The number of nitrogens with zero attached hydrogens (tertiary/aromatic N) is 1. The molecule has 122 valence electrons. The highest BCUT2D eigenvalue weighted by Gasteiger charge is 2.19. The van der Waals surface area contributed by atoms with Gasteiger partial charge in [-0.25, -0.2) is 0 Å². The summed E-state index contributed by atoms with van der Waals surface area (Å²) in [7, 11) is 0. The molecule has 0 aromatic heterocycles. The Morgan fingerprint density at radius 3 is 2.36 bits per heavy atom. The second-order valence-electron chi connectivity index (χ2n) is 6.64. The average molecular weight is 304 g/mol. The molecular weight excluding hydrogens is 276 g/mol. The quantitative estimate of drug-likeness (QED) is 0.873. The minimum absolute atomic E-state index is 0.0493. The highest BCUT2D eigenvalue weighted by molar-refractivity contribution is 5.95. The van der Waals surface area contributed by atoms with Gasteiger partial charge in [-0.1, -0.05) is 52.3 Å². The van der Waals surface area contributed by atoms with E-state index in [-0.39, 0.29) is 23.8 Å². The van der Waals surface area contributed by atoms with E-state index < -0.39 is 0 Å². The molecule has 1 aromatic rings. The maximum Gasteiger partial charge on any atom is 0.244 e. The number of anilines is 1. The zero-order valence-electron chi connectivity index (χ0n) is 14.4. The molecule has 22 heavy (non-hydrogen) atoms. The second-order valence-corrected chi connectivity index (χ2v) is 6.64. The Morgan fingerprint density at radius 2 is 1.82 bits per heavy atom. The van der Waals surface area contributed by atoms with Crippen molar-refractivity contribution in [1.82, 2.24) is 4.90 Å². The van der Waals surface area contributed by atoms with Crippen molar-refractivity contribution in [1.29, 1.82) is 0 Å². The van der Waals surface area contributed by atoms with Crippen LogP contribution in [0.5, 0.6) is 0 Å².